The van der Waals surface area contributed by atoms with E-state index in [2.05, 4.69) is 19.2 Å². The van der Waals surface area contributed by atoms with Crippen molar-refractivity contribution >= 4 is 11.9 Å². The molecule has 0 unspecified atom stereocenters. The summed E-state index contributed by atoms with van der Waals surface area (Å²) in [6.45, 7) is 4.11. The summed E-state index contributed by atoms with van der Waals surface area (Å²) in [6.07, 6.45) is 6.34. The number of hydrogen-bond donors (Lipinski definition) is 1. The second-order valence-corrected chi connectivity index (χ2v) is 8.32. The molecule has 0 bridgehead atoms. The Kier molecular flexibility index (Phi) is 6.18. The number of carbonyl (C=O) groups is 2. The molecular weight excluding hydrogens is 345 g/mol. The summed E-state index contributed by atoms with van der Waals surface area (Å²) in [5.74, 6) is -0.00886. The van der Waals surface area contributed by atoms with Gasteiger partial charge in [0.15, 0.2) is 6.61 Å². The third-order valence-electron chi connectivity index (χ3n) is 6.61. The molecule has 1 amide bonds. The highest BCUT2D eigenvalue weighted by Crippen LogP contribution is 2.42. The average molecular weight is 375 g/mol. The maximum atomic E-state index is 13.7. The lowest BCUT2D eigenvalue weighted by molar-refractivity contribution is -0.154. The second-order valence-electron chi connectivity index (χ2n) is 8.32. The first-order valence-electron chi connectivity index (χ1n) is 10.1. The zero-order valence-corrected chi connectivity index (χ0v) is 16.3. The molecule has 1 N–H and O–H groups in total. The summed E-state index contributed by atoms with van der Waals surface area (Å²) in [5.41, 5.74) is -0.171. The van der Waals surface area contributed by atoms with Gasteiger partial charge >= 0.3 is 5.97 Å². The number of halogens is 1. The lowest BCUT2D eigenvalue weighted by Crippen LogP contribution is -2.46. The third-order valence-corrected chi connectivity index (χ3v) is 6.61. The van der Waals surface area contributed by atoms with E-state index in [1.807, 2.05) is 0 Å². The molecule has 0 saturated heterocycles. The minimum Gasteiger partial charge on any atom is -0.455 e. The van der Waals surface area contributed by atoms with Crippen molar-refractivity contribution in [3.8, 4) is 0 Å². The Balaban J connectivity index is 1.61. The van der Waals surface area contributed by atoms with Crippen molar-refractivity contribution in [2.24, 2.45) is 11.8 Å². The minimum absolute atomic E-state index is 0.142. The first-order chi connectivity index (χ1) is 12.9. The molecule has 1 aromatic carbocycles. The highest BCUT2D eigenvalue weighted by Gasteiger charge is 2.44. The number of ether oxygens (including phenoxy) is 1. The Hall–Kier alpha value is -1.91. The van der Waals surface area contributed by atoms with E-state index in [1.54, 1.807) is 12.1 Å². The van der Waals surface area contributed by atoms with Gasteiger partial charge in [-0.05, 0) is 48.8 Å². The zero-order valence-electron chi connectivity index (χ0n) is 16.3. The summed E-state index contributed by atoms with van der Waals surface area (Å²) < 4.78 is 19.1. The molecular formula is C22H30FNO3. The van der Waals surface area contributed by atoms with E-state index in [0.717, 1.165) is 25.7 Å². The van der Waals surface area contributed by atoms with Gasteiger partial charge in [0.25, 0.3) is 5.91 Å². The number of benzene rings is 1. The normalized spacial score (nSPS) is 27.1. The molecule has 2 saturated carbocycles. The number of esters is 1. The van der Waals surface area contributed by atoms with Crippen LogP contribution in [0.2, 0.25) is 0 Å². The van der Waals surface area contributed by atoms with Crippen molar-refractivity contribution < 1.29 is 18.7 Å². The fourth-order valence-corrected chi connectivity index (χ4v) is 4.68. The van der Waals surface area contributed by atoms with Gasteiger partial charge in [-0.2, -0.15) is 0 Å². The number of nitrogens with one attached hydrogen (secondary N) is 1. The Morgan fingerprint density at radius 1 is 1.19 bits per heavy atom. The van der Waals surface area contributed by atoms with Gasteiger partial charge in [0, 0.05) is 6.04 Å². The SMILES string of the molecule is C[C@@H]1[C@H](C)CCC[C@@H]1NC(=O)COC(=O)C1(c2cccc(F)c2)CCCC1. The number of amides is 1. The summed E-state index contributed by atoms with van der Waals surface area (Å²) >= 11 is 0. The van der Waals surface area contributed by atoms with Crippen LogP contribution in [0.15, 0.2) is 24.3 Å². The van der Waals surface area contributed by atoms with Crippen LogP contribution in [0.5, 0.6) is 0 Å². The van der Waals surface area contributed by atoms with Gasteiger partial charge in [-0.3, -0.25) is 9.59 Å². The van der Waals surface area contributed by atoms with Gasteiger partial charge in [-0.1, -0.05) is 51.7 Å². The average Bonchev–Trinajstić information content (AvgIpc) is 3.15. The summed E-state index contributed by atoms with van der Waals surface area (Å²) in [7, 11) is 0. The molecule has 2 aliphatic rings. The Morgan fingerprint density at radius 2 is 1.93 bits per heavy atom. The van der Waals surface area contributed by atoms with Crippen LogP contribution < -0.4 is 5.32 Å². The van der Waals surface area contributed by atoms with E-state index in [1.165, 1.54) is 18.6 Å². The molecule has 0 heterocycles. The summed E-state index contributed by atoms with van der Waals surface area (Å²) in [4.78, 5) is 25.2. The van der Waals surface area contributed by atoms with Crippen LogP contribution in [0.3, 0.4) is 0 Å². The summed E-state index contributed by atoms with van der Waals surface area (Å²) in [6, 6.07) is 6.33. The number of carbonyl (C=O) groups excluding carboxylic acids is 2. The third kappa shape index (κ3) is 4.33. The molecule has 0 spiro atoms. The van der Waals surface area contributed by atoms with E-state index in [4.69, 9.17) is 4.74 Å². The molecule has 3 rings (SSSR count). The smallest absolute Gasteiger partial charge is 0.317 e. The first kappa shape index (κ1) is 19.8. The Labute approximate surface area is 160 Å². The molecule has 0 aromatic heterocycles. The Bertz CT molecular complexity index is 684. The van der Waals surface area contributed by atoms with E-state index >= 15 is 0 Å². The van der Waals surface area contributed by atoms with Crippen LogP contribution in [0.25, 0.3) is 0 Å². The van der Waals surface area contributed by atoms with E-state index in [-0.39, 0.29) is 24.4 Å². The van der Waals surface area contributed by atoms with Crippen molar-refractivity contribution in [2.45, 2.75) is 70.3 Å². The van der Waals surface area contributed by atoms with E-state index in [0.29, 0.717) is 30.2 Å². The molecule has 4 nitrogen and oxygen atoms in total. The Morgan fingerprint density at radius 3 is 2.63 bits per heavy atom. The van der Waals surface area contributed by atoms with Crippen LogP contribution in [0.4, 0.5) is 4.39 Å². The van der Waals surface area contributed by atoms with Crippen molar-refractivity contribution in [1.29, 1.82) is 0 Å². The van der Waals surface area contributed by atoms with Crippen molar-refractivity contribution in [2.75, 3.05) is 6.61 Å². The quantitative estimate of drug-likeness (QED) is 0.788. The van der Waals surface area contributed by atoms with Gasteiger partial charge < -0.3 is 10.1 Å². The number of rotatable bonds is 5. The molecule has 2 fully saturated rings. The second kappa shape index (κ2) is 8.41. The first-order valence-corrected chi connectivity index (χ1v) is 10.1. The van der Waals surface area contributed by atoms with Crippen LogP contribution in [0.1, 0.15) is 64.4 Å². The van der Waals surface area contributed by atoms with Crippen LogP contribution in [0, 0.1) is 17.7 Å². The maximum absolute atomic E-state index is 13.7. The molecule has 0 aliphatic heterocycles. The molecule has 27 heavy (non-hydrogen) atoms. The molecule has 1 aromatic rings. The van der Waals surface area contributed by atoms with Gasteiger partial charge in [0.2, 0.25) is 0 Å². The van der Waals surface area contributed by atoms with Crippen molar-refractivity contribution in [3.05, 3.63) is 35.6 Å². The molecule has 3 atom stereocenters. The van der Waals surface area contributed by atoms with Crippen molar-refractivity contribution in [1.82, 2.24) is 5.32 Å². The highest BCUT2D eigenvalue weighted by atomic mass is 19.1. The van der Waals surface area contributed by atoms with Gasteiger partial charge in [-0.15, -0.1) is 0 Å². The lowest BCUT2D eigenvalue weighted by Gasteiger charge is -2.34. The van der Waals surface area contributed by atoms with Gasteiger partial charge in [0.1, 0.15) is 5.82 Å². The predicted octanol–water partition coefficient (Wildman–Crippen LogP) is 4.12. The van der Waals surface area contributed by atoms with Gasteiger partial charge in [0.05, 0.1) is 5.41 Å². The van der Waals surface area contributed by atoms with Crippen molar-refractivity contribution in [3.63, 3.8) is 0 Å². The fourth-order valence-electron chi connectivity index (χ4n) is 4.68. The molecule has 148 valence electrons. The number of hydrogen-bond acceptors (Lipinski definition) is 3. The maximum Gasteiger partial charge on any atom is 0.317 e. The van der Waals surface area contributed by atoms with Crippen LogP contribution in [-0.2, 0) is 19.7 Å². The standard InChI is InChI=1S/C22H30FNO3/c1-15-7-5-10-19(16(15)2)24-20(25)14-27-21(26)22(11-3-4-12-22)17-8-6-9-18(23)13-17/h6,8-9,13,15-16,19H,3-5,7,10-12,14H2,1-2H3,(H,24,25)/t15-,16-,19+/m1/s1. The van der Waals surface area contributed by atoms with Gasteiger partial charge in [-0.25, -0.2) is 4.39 Å². The topological polar surface area (TPSA) is 55.4 Å². The fraction of sp³-hybridized carbons (Fsp3) is 0.636. The monoisotopic (exact) mass is 375 g/mol. The highest BCUT2D eigenvalue weighted by molar-refractivity contribution is 5.86. The lowest BCUT2D eigenvalue weighted by atomic mass is 9.78. The molecule has 5 heteroatoms. The predicted molar refractivity (Wildman–Crippen MR) is 102 cm³/mol. The van der Waals surface area contributed by atoms with E-state index in [9.17, 15) is 14.0 Å². The minimum atomic E-state index is -0.824. The molecule has 2 aliphatic carbocycles. The van der Waals surface area contributed by atoms with E-state index < -0.39 is 11.4 Å². The van der Waals surface area contributed by atoms with Crippen LogP contribution in [-0.4, -0.2) is 24.5 Å². The molecule has 0 radical (unpaired) electrons. The van der Waals surface area contributed by atoms with Crippen LogP contribution >= 0.6 is 0 Å². The summed E-state index contributed by atoms with van der Waals surface area (Å²) in [5, 5.41) is 3.03. The zero-order chi connectivity index (χ0) is 19.4. The largest absolute Gasteiger partial charge is 0.455 e.